The van der Waals surface area contributed by atoms with Crippen molar-refractivity contribution in [1.29, 1.82) is 0 Å². The molecule has 0 saturated carbocycles. The maximum atomic E-state index is 12.7. The summed E-state index contributed by atoms with van der Waals surface area (Å²) in [5, 5.41) is 0.448. The van der Waals surface area contributed by atoms with Gasteiger partial charge in [-0.15, -0.1) is 0 Å². The monoisotopic (exact) mass is 236 g/mol. The Morgan fingerprint density at radius 2 is 1.53 bits per heavy atom. The van der Waals surface area contributed by atoms with Gasteiger partial charge < -0.3 is 0 Å². The van der Waals surface area contributed by atoms with Gasteiger partial charge >= 0.3 is 6.18 Å². The minimum Gasteiger partial charge on any atom is -0.170 e. The summed E-state index contributed by atoms with van der Waals surface area (Å²) in [5.74, 6) is -1.90. The van der Waals surface area contributed by atoms with Crippen molar-refractivity contribution in [3.05, 3.63) is 34.9 Å². The van der Waals surface area contributed by atoms with Gasteiger partial charge in [0, 0.05) is 5.02 Å². The second-order valence-electron chi connectivity index (χ2n) is 3.81. The van der Waals surface area contributed by atoms with E-state index < -0.39 is 18.0 Å². The molecule has 0 bridgehead atoms. The molecule has 0 spiro atoms. The van der Waals surface area contributed by atoms with Gasteiger partial charge in [0.1, 0.15) is 0 Å². The highest BCUT2D eigenvalue weighted by molar-refractivity contribution is 6.30. The van der Waals surface area contributed by atoms with Crippen molar-refractivity contribution in [3.63, 3.8) is 0 Å². The fourth-order valence-electron chi connectivity index (χ4n) is 1.62. The van der Waals surface area contributed by atoms with E-state index in [-0.39, 0.29) is 5.56 Å². The summed E-state index contributed by atoms with van der Waals surface area (Å²) >= 11 is 5.63. The molecule has 1 aromatic rings. The fraction of sp³-hybridized carbons (Fsp3) is 0.455. The lowest BCUT2D eigenvalue weighted by molar-refractivity contribution is -0.159. The molecule has 0 amide bonds. The van der Waals surface area contributed by atoms with E-state index in [2.05, 4.69) is 0 Å². The summed E-state index contributed by atoms with van der Waals surface area (Å²) in [6, 6.07) is 5.83. The molecule has 0 aliphatic rings. The standard InChI is InChI=1S/C11H12ClF3/c1-7(2)10(11(13,14)15)8-3-5-9(12)6-4-8/h3-7,10H,1-2H3. The van der Waals surface area contributed by atoms with Crippen LogP contribution < -0.4 is 0 Å². The molecule has 84 valence electrons. The zero-order valence-corrected chi connectivity index (χ0v) is 9.23. The molecule has 0 aliphatic carbocycles. The molecule has 0 saturated heterocycles. The van der Waals surface area contributed by atoms with E-state index in [4.69, 9.17) is 11.6 Å². The van der Waals surface area contributed by atoms with Crippen LogP contribution in [0.2, 0.25) is 5.02 Å². The van der Waals surface area contributed by atoms with Crippen LogP contribution in [0.5, 0.6) is 0 Å². The highest BCUT2D eigenvalue weighted by Gasteiger charge is 2.42. The van der Waals surface area contributed by atoms with Gasteiger partial charge in [0.25, 0.3) is 0 Å². The predicted octanol–water partition coefficient (Wildman–Crippen LogP) is 4.64. The Labute approximate surface area is 92.1 Å². The van der Waals surface area contributed by atoms with Crippen molar-refractivity contribution < 1.29 is 13.2 Å². The van der Waals surface area contributed by atoms with Gasteiger partial charge in [-0.25, -0.2) is 0 Å². The highest BCUT2D eigenvalue weighted by Crippen LogP contribution is 2.40. The molecule has 0 heterocycles. The van der Waals surface area contributed by atoms with Crippen LogP contribution in [0.3, 0.4) is 0 Å². The summed E-state index contributed by atoms with van der Waals surface area (Å²) in [6.07, 6.45) is -4.21. The van der Waals surface area contributed by atoms with Gasteiger partial charge in [0.2, 0.25) is 0 Å². The lowest BCUT2D eigenvalue weighted by Gasteiger charge is -2.24. The highest BCUT2D eigenvalue weighted by atomic mass is 35.5. The van der Waals surface area contributed by atoms with E-state index >= 15 is 0 Å². The van der Waals surface area contributed by atoms with Gasteiger partial charge in [-0.3, -0.25) is 0 Å². The van der Waals surface area contributed by atoms with Crippen LogP contribution in [0.1, 0.15) is 25.3 Å². The number of hydrogen-bond donors (Lipinski definition) is 0. The van der Waals surface area contributed by atoms with Crippen molar-refractivity contribution >= 4 is 11.6 Å². The number of rotatable bonds is 2. The molecule has 15 heavy (non-hydrogen) atoms. The summed E-state index contributed by atoms with van der Waals surface area (Å²) in [4.78, 5) is 0. The van der Waals surface area contributed by atoms with E-state index in [1.165, 1.54) is 24.3 Å². The maximum Gasteiger partial charge on any atom is 0.395 e. The molecule has 1 unspecified atom stereocenters. The Hall–Kier alpha value is -0.700. The molecule has 0 aliphatic heterocycles. The molecule has 0 aromatic heterocycles. The summed E-state index contributed by atoms with van der Waals surface area (Å²) in [7, 11) is 0. The first-order chi connectivity index (χ1) is 6.82. The second-order valence-corrected chi connectivity index (χ2v) is 4.25. The van der Waals surface area contributed by atoms with Crippen LogP contribution in [-0.2, 0) is 0 Å². The van der Waals surface area contributed by atoms with Crippen molar-refractivity contribution in [1.82, 2.24) is 0 Å². The average Bonchev–Trinajstić information content (AvgIpc) is 2.05. The van der Waals surface area contributed by atoms with Crippen molar-refractivity contribution in [3.8, 4) is 0 Å². The minimum absolute atomic E-state index is 0.266. The van der Waals surface area contributed by atoms with E-state index in [1.807, 2.05) is 0 Å². The second kappa shape index (κ2) is 4.44. The van der Waals surface area contributed by atoms with E-state index in [1.54, 1.807) is 13.8 Å². The number of halogens is 4. The summed E-state index contributed by atoms with van der Waals surface area (Å²) in [5.41, 5.74) is 0.266. The lowest BCUT2D eigenvalue weighted by Crippen LogP contribution is -2.25. The van der Waals surface area contributed by atoms with Crippen LogP contribution in [-0.4, -0.2) is 6.18 Å². The third-order valence-corrected chi connectivity index (χ3v) is 2.50. The smallest absolute Gasteiger partial charge is 0.170 e. The maximum absolute atomic E-state index is 12.7. The first-order valence-corrected chi connectivity index (χ1v) is 5.02. The number of benzene rings is 1. The average molecular weight is 237 g/mol. The van der Waals surface area contributed by atoms with Gasteiger partial charge in [0.15, 0.2) is 0 Å². The Kier molecular flexibility index (Phi) is 3.66. The molecular formula is C11H12ClF3. The molecule has 1 rings (SSSR count). The fourth-order valence-corrected chi connectivity index (χ4v) is 1.75. The van der Waals surface area contributed by atoms with Crippen LogP contribution in [0.25, 0.3) is 0 Å². The van der Waals surface area contributed by atoms with Gasteiger partial charge in [-0.2, -0.15) is 13.2 Å². The quantitative estimate of drug-likeness (QED) is 0.702. The van der Waals surface area contributed by atoms with Crippen molar-refractivity contribution in [2.45, 2.75) is 25.9 Å². The zero-order valence-electron chi connectivity index (χ0n) is 8.48. The molecule has 0 radical (unpaired) electrons. The van der Waals surface area contributed by atoms with Crippen LogP contribution in [0.15, 0.2) is 24.3 Å². The van der Waals surface area contributed by atoms with Crippen molar-refractivity contribution in [2.75, 3.05) is 0 Å². The van der Waals surface area contributed by atoms with E-state index in [0.29, 0.717) is 5.02 Å². The third kappa shape index (κ3) is 3.13. The van der Waals surface area contributed by atoms with Crippen LogP contribution >= 0.6 is 11.6 Å². The summed E-state index contributed by atoms with van der Waals surface area (Å²) < 4.78 is 38.2. The Balaban J connectivity index is 3.05. The molecule has 1 aromatic carbocycles. The zero-order chi connectivity index (χ0) is 11.6. The Bertz CT molecular complexity index is 314. The molecule has 0 fully saturated rings. The number of alkyl halides is 3. The minimum atomic E-state index is -4.21. The predicted molar refractivity (Wildman–Crippen MR) is 55.1 cm³/mol. The van der Waals surface area contributed by atoms with Gasteiger partial charge in [-0.05, 0) is 23.6 Å². The Morgan fingerprint density at radius 3 is 1.87 bits per heavy atom. The summed E-state index contributed by atoms with van der Waals surface area (Å²) in [6.45, 7) is 3.12. The topological polar surface area (TPSA) is 0 Å². The molecule has 0 nitrogen and oxygen atoms in total. The Morgan fingerprint density at radius 1 is 1.07 bits per heavy atom. The SMILES string of the molecule is CC(C)C(c1ccc(Cl)cc1)C(F)(F)F. The van der Waals surface area contributed by atoms with Gasteiger partial charge in [0.05, 0.1) is 5.92 Å². The third-order valence-electron chi connectivity index (χ3n) is 2.25. The molecular weight excluding hydrogens is 225 g/mol. The van der Waals surface area contributed by atoms with Crippen molar-refractivity contribution in [2.24, 2.45) is 5.92 Å². The normalized spacial score (nSPS) is 14.3. The first kappa shape index (κ1) is 12.4. The van der Waals surface area contributed by atoms with E-state index in [9.17, 15) is 13.2 Å². The lowest BCUT2D eigenvalue weighted by atomic mass is 9.88. The van der Waals surface area contributed by atoms with Crippen LogP contribution in [0.4, 0.5) is 13.2 Å². The number of hydrogen-bond acceptors (Lipinski definition) is 0. The first-order valence-electron chi connectivity index (χ1n) is 4.64. The molecule has 0 N–H and O–H groups in total. The van der Waals surface area contributed by atoms with Gasteiger partial charge in [-0.1, -0.05) is 37.6 Å². The molecule has 4 heteroatoms. The molecule has 1 atom stereocenters. The largest absolute Gasteiger partial charge is 0.395 e. The van der Waals surface area contributed by atoms with Crippen LogP contribution in [0, 0.1) is 5.92 Å². The van der Waals surface area contributed by atoms with E-state index in [0.717, 1.165) is 0 Å².